The molecule has 0 spiro atoms. The van der Waals surface area contributed by atoms with E-state index in [2.05, 4.69) is 26.1 Å². The maximum absolute atomic E-state index is 12.7. The Bertz CT molecular complexity index is 842. The summed E-state index contributed by atoms with van der Waals surface area (Å²) >= 11 is 0. The van der Waals surface area contributed by atoms with Gasteiger partial charge in [0.15, 0.2) is 0 Å². The van der Waals surface area contributed by atoms with Gasteiger partial charge in [-0.25, -0.2) is 4.68 Å². The molecule has 0 saturated heterocycles. The standard InChI is InChI=1S/C23H34N4O2/c1-8-26(21(29)14-17-12-10-9-11-13-17)16-20(28)24-19-15-18(22(2,3)4)25-27(19)23(5,6)7/h9-13,15H,8,14,16H2,1-7H3,(H,24,28). The fourth-order valence-corrected chi connectivity index (χ4v) is 2.96. The van der Waals surface area contributed by atoms with Crippen LogP contribution in [0.2, 0.25) is 0 Å². The lowest BCUT2D eigenvalue weighted by atomic mass is 9.92. The fraction of sp³-hybridized carbons (Fsp3) is 0.522. The molecule has 0 bridgehead atoms. The Labute approximate surface area is 174 Å². The third-order valence-corrected chi connectivity index (χ3v) is 4.65. The summed E-state index contributed by atoms with van der Waals surface area (Å²) in [6.45, 7) is 14.8. The predicted molar refractivity (Wildman–Crippen MR) is 117 cm³/mol. The number of rotatable bonds is 6. The van der Waals surface area contributed by atoms with Crippen LogP contribution in [0.3, 0.4) is 0 Å². The maximum atomic E-state index is 12.7. The van der Waals surface area contributed by atoms with Crippen molar-refractivity contribution >= 4 is 17.6 Å². The van der Waals surface area contributed by atoms with Gasteiger partial charge in [0, 0.05) is 18.0 Å². The zero-order chi connectivity index (χ0) is 21.8. The van der Waals surface area contributed by atoms with Crippen LogP contribution in [0, 0.1) is 0 Å². The van der Waals surface area contributed by atoms with Crippen LogP contribution in [0.15, 0.2) is 36.4 Å². The van der Waals surface area contributed by atoms with Gasteiger partial charge >= 0.3 is 0 Å². The number of likely N-dealkylation sites (N-methyl/N-ethyl adjacent to an activating group) is 1. The van der Waals surface area contributed by atoms with Gasteiger partial charge in [0.1, 0.15) is 5.82 Å². The highest BCUT2D eigenvalue weighted by Crippen LogP contribution is 2.28. The SMILES string of the molecule is CCN(CC(=O)Nc1cc(C(C)(C)C)nn1C(C)(C)C)C(=O)Cc1ccccc1. The van der Waals surface area contributed by atoms with Crippen molar-refractivity contribution in [2.75, 3.05) is 18.4 Å². The van der Waals surface area contributed by atoms with Gasteiger partial charge in [-0.1, -0.05) is 51.1 Å². The average Bonchev–Trinajstić information content (AvgIpc) is 3.05. The van der Waals surface area contributed by atoms with Crippen LogP contribution in [0.5, 0.6) is 0 Å². The van der Waals surface area contributed by atoms with Crippen molar-refractivity contribution in [3.8, 4) is 0 Å². The van der Waals surface area contributed by atoms with Gasteiger partial charge < -0.3 is 10.2 Å². The molecule has 2 aromatic rings. The molecule has 0 fully saturated rings. The number of carbonyl (C=O) groups is 2. The third kappa shape index (κ3) is 6.17. The minimum atomic E-state index is -0.278. The van der Waals surface area contributed by atoms with E-state index in [1.807, 2.05) is 68.8 Å². The topological polar surface area (TPSA) is 67.2 Å². The first-order valence-electron chi connectivity index (χ1n) is 10.1. The molecule has 6 heteroatoms. The highest BCUT2D eigenvalue weighted by molar-refractivity contribution is 5.94. The van der Waals surface area contributed by atoms with Crippen molar-refractivity contribution < 1.29 is 9.59 Å². The molecule has 0 radical (unpaired) electrons. The lowest BCUT2D eigenvalue weighted by molar-refractivity contribution is -0.133. The van der Waals surface area contributed by atoms with E-state index in [1.54, 1.807) is 4.90 Å². The summed E-state index contributed by atoms with van der Waals surface area (Å²) in [5.74, 6) is 0.367. The highest BCUT2D eigenvalue weighted by Gasteiger charge is 2.26. The van der Waals surface area contributed by atoms with E-state index in [9.17, 15) is 9.59 Å². The average molecular weight is 399 g/mol. The zero-order valence-electron chi connectivity index (χ0n) is 18.7. The van der Waals surface area contributed by atoms with E-state index in [4.69, 9.17) is 5.10 Å². The summed E-state index contributed by atoms with van der Waals surface area (Å²) in [7, 11) is 0. The third-order valence-electron chi connectivity index (χ3n) is 4.65. The molecular weight excluding hydrogens is 364 g/mol. The van der Waals surface area contributed by atoms with Gasteiger partial charge in [-0.3, -0.25) is 9.59 Å². The zero-order valence-corrected chi connectivity index (χ0v) is 18.7. The number of benzene rings is 1. The maximum Gasteiger partial charge on any atom is 0.245 e. The number of amides is 2. The molecular formula is C23H34N4O2. The minimum absolute atomic E-state index is 0.0162. The second-order valence-corrected chi connectivity index (χ2v) is 9.37. The minimum Gasteiger partial charge on any atom is -0.333 e. The number of nitrogens with one attached hydrogen (secondary N) is 1. The highest BCUT2D eigenvalue weighted by atomic mass is 16.2. The summed E-state index contributed by atoms with van der Waals surface area (Å²) in [4.78, 5) is 26.9. The van der Waals surface area contributed by atoms with E-state index in [0.29, 0.717) is 12.4 Å². The summed E-state index contributed by atoms with van der Waals surface area (Å²) in [5.41, 5.74) is 1.45. The van der Waals surface area contributed by atoms with Crippen LogP contribution in [0.1, 0.15) is 59.7 Å². The first-order valence-corrected chi connectivity index (χ1v) is 10.1. The Morgan fingerprint density at radius 3 is 2.21 bits per heavy atom. The lowest BCUT2D eigenvalue weighted by Gasteiger charge is -2.24. The van der Waals surface area contributed by atoms with E-state index in [-0.39, 0.29) is 35.7 Å². The Kier molecular flexibility index (Phi) is 6.88. The van der Waals surface area contributed by atoms with Crippen molar-refractivity contribution in [1.82, 2.24) is 14.7 Å². The molecule has 0 aliphatic heterocycles. The number of aromatic nitrogens is 2. The molecule has 29 heavy (non-hydrogen) atoms. The van der Waals surface area contributed by atoms with Gasteiger partial charge in [-0.2, -0.15) is 5.10 Å². The molecule has 0 atom stereocenters. The molecule has 0 aliphatic carbocycles. The number of hydrogen-bond donors (Lipinski definition) is 1. The molecule has 158 valence electrons. The van der Waals surface area contributed by atoms with Crippen molar-refractivity contribution in [1.29, 1.82) is 0 Å². The van der Waals surface area contributed by atoms with Crippen molar-refractivity contribution in [2.24, 2.45) is 0 Å². The van der Waals surface area contributed by atoms with Gasteiger partial charge in [-0.15, -0.1) is 0 Å². The van der Waals surface area contributed by atoms with Gasteiger partial charge in [0.2, 0.25) is 11.8 Å². The number of carbonyl (C=O) groups excluding carboxylic acids is 2. The van der Waals surface area contributed by atoms with Gasteiger partial charge in [0.05, 0.1) is 24.2 Å². The van der Waals surface area contributed by atoms with Crippen molar-refractivity contribution in [3.05, 3.63) is 47.7 Å². The Hall–Kier alpha value is -2.63. The van der Waals surface area contributed by atoms with Crippen molar-refractivity contribution in [2.45, 2.75) is 65.8 Å². The second-order valence-electron chi connectivity index (χ2n) is 9.37. The largest absolute Gasteiger partial charge is 0.333 e. The Morgan fingerprint density at radius 2 is 1.69 bits per heavy atom. The number of nitrogens with zero attached hydrogens (tertiary/aromatic N) is 3. The quantitative estimate of drug-likeness (QED) is 0.801. The second kappa shape index (κ2) is 8.80. The molecule has 6 nitrogen and oxygen atoms in total. The summed E-state index contributed by atoms with van der Waals surface area (Å²) in [5, 5.41) is 7.68. The van der Waals surface area contributed by atoms with Crippen LogP contribution in [0.4, 0.5) is 5.82 Å². The van der Waals surface area contributed by atoms with E-state index < -0.39 is 0 Å². The van der Waals surface area contributed by atoms with Gasteiger partial charge in [0.25, 0.3) is 0 Å². The molecule has 2 amide bonds. The molecule has 1 aromatic heterocycles. The van der Waals surface area contributed by atoms with Crippen molar-refractivity contribution in [3.63, 3.8) is 0 Å². The molecule has 1 heterocycles. The molecule has 0 aliphatic rings. The smallest absolute Gasteiger partial charge is 0.245 e. The van der Waals surface area contributed by atoms with Crippen LogP contribution < -0.4 is 5.32 Å². The first kappa shape index (κ1) is 22.7. The van der Waals surface area contributed by atoms with E-state index in [0.717, 1.165) is 11.3 Å². The monoisotopic (exact) mass is 398 g/mol. The van der Waals surface area contributed by atoms with Gasteiger partial charge in [-0.05, 0) is 33.3 Å². The van der Waals surface area contributed by atoms with Crippen LogP contribution in [-0.4, -0.2) is 39.6 Å². The molecule has 2 rings (SSSR count). The van der Waals surface area contributed by atoms with Crippen LogP contribution in [-0.2, 0) is 27.0 Å². The molecule has 1 aromatic carbocycles. The summed E-state index contributed by atoms with van der Waals surface area (Å²) in [6.07, 6.45) is 0.288. The summed E-state index contributed by atoms with van der Waals surface area (Å²) < 4.78 is 1.84. The Balaban J connectivity index is 2.12. The van der Waals surface area contributed by atoms with E-state index >= 15 is 0 Å². The molecule has 0 saturated carbocycles. The fourth-order valence-electron chi connectivity index (χ4n) is 2.96. The summed E-state index contributed by atoms with van der Waals surface area (Å²) in [6, 6.07) is 11.5. The van der Waals surface area contributed by atoms with Crippen LogP contribution >= 0.6 is 0 Å². The van der Waals surface area contributed by atoms with E-state index in [1.165, 1.54) is 0 Å². The first-order chi connectivity index (χ1) is 13.4. The molecule has 0 unspecified atom stereocenters. The normalized spacial score (nSPS) is 12.0. The van der Waals surface area contributed by atoms with Crippen LogP contribution in [0.25, 0.3) is 0 Å². The predicted octanol–water partition coefficient (Wildman–Crippen LogP) is 3.97. The number of anilines is 1. The lowest BCUT2D eigenvalue weighted by Crippen LogP contribution is -2.39. The number of hydrogen-bond acceptors (Lipinski definition) is 3. The Morgan fingerprint density at radius 1 is 1.07 bits per heavy atom. The molecule has 1 N–H and O–H groups in total.